The summed E-state index contributed by atoms with van der Waals surface area (Å²) >= 11 is 0. The summed E-state index contributed by atoms with van der Waals surface area (Å²) in [6, 6.07) is 0. The average Bonchev–Trinajstić information content (AvgIpc) is 1.85. The van der Waals surface area contributed by atoms with E-state index >= 15 is 0 Å². The zero-order valence-corrected chi connectivity index (χ0v) is 5.55. The SMILES string of the molecule is CC1O[C@@H](C)[C@H](C)O1. The van der Waals surface area contributed by atoms with E-state index in [1.165, 1.54) is 0 Å². The van der Waals surface area contributed by atoms with Crippen LogP contribution in [0.5, 0.6) is 0 Å². The molecule has 0 aromatic heterocycles. The molecule has 0 N–H and O–H groups in total. The van der Waals surface area contributed by atoms with Gasteiger partial charge in [-0.2, -0.15) is 0 Å². The van der Waals surface area contributed by atoms with Gasteiger partial charge in [0.05, 0.1) is 12.2 Å². The smallest absolute Gasteiger partial charge is 0.155 e. The molecule has 0 unspecified atom stereocenters. The lowest BCUT2D eigenvalue weighted by Crippen LogP contribution is -2.13. The first kappa shape index (κ1) is 6.05. The standard InChI is InChI=1S/C6H12O2/c1-4-5(2)8-6(3)7-4/h4-6H,1-3H3/t4-,5-/m0/s1. The van der Waals surface area contributed by atoms with Gasteiger partial charge in [0.15, 0.2) is 6.29 Å². The zero-order chi connectivity index (χ0) is 6.15. The molecule has 8 heavy (non-hydrogen) atoms. The van der Waals surface area contributed by atoms with E-state index in [4.69, 9.17) is 9.47 Å². The minimum atomic E-state index is -0.000000000000000222. The van der Waals surface area contributed by atoms with Crippen molar-refractivity contribution in [2.45, 2.75) is 39.3 Å². The summed E-state index contributed by atoms with van der Waals surface area (Å²) in [7, 11) is 0. The first-order valence-corrected chi connectivity index (χ1v) is 3.01. The van der Waals surface area contributed by atoms with Gasteiger partial charge in [-0.15, -0.1) is 0 Å². The maximum Gasteiger partial charge on any atom is 0.155 e. The minimum Gasteiger partial charge on any atom is -0.347 e. The van der Waals surface area contributed by atoms with E-state index in [0.29, 0.717) is 0 Å². The van der Waals surface area contributed by atoms with Gasteiger partial charge < -0.3 is 9.47 Å². The highest BCUT2D eigenvalue weighted by atomic mass is 16.7. The molecule has 0 amide bonds. The molecule has 0 aliphatic carbocycles. The molecule has 0 aromatic carbocycles. The van der Waals surface area contributed by atoms with Crippen molar-refractivity contribution in [3.8, 4) is 0 Å². The van der Waals surface area contributed by atoms with Crippen LogP contribution in [0.4, 0.5) is 0 Å². The third-order valence-electron chi connectivity index (χ3n) is 1.47. The molecule has 1 fully saturated rings. The number of hydrogen-bond acceptors (Lipinski definition) is 2. The maximum absolute atomic E-state index is 5.25. The van der Waals surface area contributed by atoms with Gasteiger partial charge in [-0.05, 0) is 20.8 Å². The molecule has 0 saturated carbocycles. The maximum atomic E-state index is 5.25. The highest BCUT2D eigenvalue weighted by Crippen LogP contribution is 2.16. The number of hydrogen-bond donors (Lipinski definition) is 0. The molecule has 1 aliphatic heterocycles. The summed E-state index contributed by atoms with van der Waals surface area (Å²) in [6.07, 6.45) is 0.537. The van der Waals surface area contributed by atoms with E-state index in [9.17, 15) is 0 Å². The molecular formula is C6H12O2. The Labute approximate surface area is 49.8 Å². The van der Waals surface area contributed by atoms with E-state index in [1.807, 2.05) is 20.8 Å². The molecule has 1 aliphatic rings. The topological polar surface area (TPSA) is 18.5 Å². The van der Waals surface area contributed by atoms with Crippen LogP contribution >= 0.6 is 0 Å². The molecule has 0 radical (unpaired) electrons. The van der Waals surface area contributed by atoms with Gasteiger partial charge >= 0.3 is 0 Å². The highest BCUT2D eigenvalue weighted by Gasteiger charge is 2.25. The summed E-state index contributed by atoms with van der Waals surface area (Å²) in [4.78, 5) is 0. The monoisotopic (exact) mass is 116 g/mol. The third kappa shape index (κ3) is 1.01. The molecule has 0 spiro atoms. The van der Waals surface area contributed by atoms with Crippen LogP contribution in [-0.4, -0.2) is 18.5 Å². The second kappa shape index (κ2) is 2.03. The Kier molecular flexibility index (Phi) is 1.54. The quantitative estimate of drug-likeness (QED) is 0.472. The van der Waals surface area contributed by atoms with Crippen LogP contribution in [0.25, 0.3) is 0 Å². The Balaban J connectivity index is 2.39. The van der Waals surface area contributed by atoms with Crippen molar-refractivity contribution < 1.29 is 9.47 Å². The van der Waals surface area contributed by atoms with Crippen molar-refractivity contribution in [2.24, 2.45) is 0 Å². The fourth-order valence-electron chi connectivity index (χ4n) is 0.858. The first-order chi connectivity index (χ1) is 3.70. The van der Waals surface area contributed by atoms with Gasteiger partial charge in [0.1, 0.15) is 0 Å². The Morgan fingerprint density at radius 3 is 1.38 bits per heavy atom. The lowest BCUT2D eigenvalue weighted by molar-refractivity contribution is -0.0470. The molecule has 2 nitrogen and oxygen atoms in total. The Morgan fingerprint density at radius 2 is 1.25 bits per heavy atom. The highest BCUT2D eigenvalue weighted by molar-refractivity contribution is 4.66. The van der Waals surface area contributed by atoms with Gasteiger partial charge in [-0.1, -0.05) is 0 Å². The molecular weight excluding hydrogens is 104 g/mol. The van der Waals surface area contributed by atoms with Gasteiger partial charge in [-0.3, -0.25) is 0 Å². The molecule has 1 saturated heterocycles. The van der Waals surface area contributed by atoms with Crippen LogP contribution in [-0.2, 0) is 9.47 Å². The summed E-state index contributed by atoms with van der Waals surface area (Å²) in [5.41, 5.74) is 0. The Hall–Kier alpha value is -0.0800. The average molecular weight is 116 g/mol. The predicted molar refractivity (Wildman–Crippen MR) is 30.6 cm³/mol. The van der Waals surface area contributed by atoms with Crippen molar-refractivity contribution in [1.82, 2.24) is 0 Å². The minimum absolute atomic E-state index is 0.000000000000000222. The molecule has 2 atom stereocenters. The predicted octanol–water partition coefficient (Wildman–Crippen LogP) is 1.16. The summed E-state index contributed by atoms with van der Waals surface area (Å²) in [5.74, 6) is 0. The van der Waals surface area contributed by atoms with Crippen LogP contribution in [0.3, 0.4) is 0 Å². The van der Waals surface area contributed by atoms with Gasteiger partial charge in [0.25, 0.3) is 0 Å². The van der Waals surface area contributed by atoms with Gasteiger partial charge in [0, 0.05) is 0 Å². The molecule has 2 heteroatoms. The van der Waals surface area contributed by atoms with Crippen molar-refractivity contribution in [3.05, 3.63) is 0 Å². The van der Waals surface area contributed by atoms with Gasteiger partial charge in [0.2, 0.25) is 0 Å². The largest absolute Gasteiger partial charge is 0.347 e. The van der Waals surface area contributed by atoms with Gasteiger partial charge in [-0.25, -0.2) is 0 Å². The summed E-state index contributed by atoms with van der Waals surface area (Å²) in [6.45, 7) is 5.96. The van der Waals surface area contributed by atoms with Crippen LogP contribution in [0, 0.1) is 0 Å². The van der Waals surface area contributed by atoms with E-state index in [1.54, 1.807) is 0 Å². The fraction of sp³-hybridized carbons (Fsp3) is 1.00. The third-order valence-corrected chi connectivity index (χ3v) is 1.47. The first-order valence-electron chi connectivity index (χ1n) is 3.01. The number of ether oxygens (including phenoxy) is 2. The molecule has 0 aromatic rings. The molecule has 48 valence electrons. The Morgan fingerprint density at radius 1 is 0.875 bits per heavy atom. The number of rotatable bonds is 0. The van der Waals surface area contributed by atoms with Crippen molar-refractivity contribution >= 4 is 0 Å². The van der Waals surface area contributed by atoms with Crippen LogP contribution in [0.2, 0.25) is 0 Å². The van der Waals surface area contributed by atoms with Crippen molar-refractivity contribution in [2.75, 3.05) is 0 Å². The van der Waals surface area contributed by atoms with E-state index < -0.39 is 0 Å². The van der Waals surface area contributed by atoms with Crippen LogP contribution in [0.1, 0.15) is 20.8 Å². The van der Waals surface area contributed by atoms with E-state index in [0.717, 1.165) is 0 Å². The second-order valence-electron chi connectivity index (χ2n) is 2.25. The van der Waals surface area contributed by atoms with Crippen LogP contribution < -0.4 is 0 Å². The van der Waals surface area contributed by atoms with Crippen molar-refractivity contribution in [1.29, 1.82) is 0 Å². The van der Waals surface area contributed by atoms with E-state index in [2.05, 4.69) is 0 Å². The fourth-order valence-corrected chi connectivity index (χ4v) is 0.858. The van der Waals surface area contributed by atoms with Crippen molar-refractivity contribution in [3.63, 3.8) is 0 Å². The lowest BCUT2D eigenvalue weighted by atomic mass is 10.3. The second-order valence-corrected chi connectivity index (χ2v) is 2.25. The molecule has 0 bridgehead atoms. The summed E-state index contributed by atoms with van der Waals surface area (Å²) < 4.78 is 10.5. The normalized spacial score (nSPS) is 40.9. The summed E-state index contributed by atoms with van der Waals surface area (Å²) in [5, 5.41) is 0. The Bertz CT molecular complexity index is 72.6. The lowest BCUT2D eigenvalue weighted by Gasteiger charge is -2.02. The molecule has 1 heterocycles. The van der Waals surface area contributed by atoms with E-state index in [-0.39, 0.29) is 18.5 Å². The van der Waals surface area contributed by atoms with Crippen LogP contribution in [0.15, 0.2) is 0 Å². The zero-order valence-electron chi connectivity index (χ0n) is 5.55. The molecule has 1 rings (SSSR count).